The van der Waals surface area contributed by atoms with Gasteiger partial charge in [-0.05, 0) is 37.4 Å². The van der Waals surface area contributed by atoms with Crippen molar-refractivity contribution in [3.8, 4) is 5.75 Å². The summed E-state index contributed by atoms with van der Waals surface area (Å²) in [6.07, 6.45) is 4.76. The van der Waals surface area contributed by atoms with Gasteiger partial charge < -0.3 is 4.74 Å². The Kier molecular flexibility index (Phi) is 4.77. The Bertz CT molecular complexity index is 346. The first-order chi connectivity index (χ1) is 7.26. The number of amides is 1. The van der Waals surface area contributed by atoms with Crippen molar-refractivity contribution < 1.29 is 9.53 Å². The number of ether oxygens (including phenoxy) is 1. The molecule has 0 atom stereocenters. The molecule has 15 heavy (non-hydrogen) atoms. The van der Waals surface area contributed by atoms with Gasteiger partial charge in [0.15, 0.2) is 0 Å². The maximum atomic E-state index is 11.1. The predicted molar refractivity (Wildman–Crippen MR) is 62.2 cm³/mol. The minimum atomic E-state index is -0.481. The number of rotatable bonds is 3. The molecule has 1 N–H and O–H groups in total. The third-order valence-corrected chi connectivity index (χ3v) is 2.38. The van der Waals surface area contributed by atoms with Gasteiger partial charge in [0.25, 0.3) is 0 Å². The minimum Gasteiger partial charge on any atom is -0.410 e. The van der Waals surface area contributed by atoms with Crippen molar-refractivity contribution in [2.75, 3.05) is 6.26 Å². The lowest BCUT2D eigenvalue weighted by Crippen LogP contribution is -2.21. The van der Waals surface area contributed by atoms with Crippen LogP contribution in [0.25, 0.3) is 0 Å². The molecule has 0 spiro atoms. The molecule has 0 heterocycles. The molecular weight excluding hydrogens is 210 g/mol. The SMILES string of the molecule is CC=CNC(=O)Oc1ccc(SC)cc1. The molecule has 0 aliphatic rings. The van der Waals surface area contributed by atoms with Crippen molar-refractivity contribution >= 4 is 17.9 Å². The van der Waals surface area contributed by atoms with Crippen molar-refractivity contribution in [3.63, 3.8) is 0 Å². The fraction of sp³-hybridized carbons (Fsp3) is 0.182. The smallest absolute Gasteiger partial charge is 0.410 e. The summed E-state index contributed by atoms with van der Waals surface area (Å²) in [5, 5.41) is 2.46. The Hall–Kier alpha value is -1.42. The minimum absolute atomic E-state index is 0.481. The van der Waals surface area contributed by atoms with Gasteiger partial charge in [-0.15, -0.1) is 11.8 Å². The number of allylic oxidation sites excluding steroid dienone is 1. The van der Waals surface area contributed by atoms with Crippen molar-refractivity contribution in [1.29, 1.82) is 0 Å². The van der Waals surface area contributed by atoms with Crippen molar-refractivity contribution in [3.05, 3.63) is 36.5 Å². The van der Waals surface area contributed by atoms with E-state index in [9.17, 15) is 4.79 Å². The van der Waals surface area contributed by atoms with Crippen molar-refractivity contribution in [2.45, 2.75) is 11.8 Å². The summed E-state index contributed by atoms with van der Waals surface area (Å²) < 4.78 is 5.01. The van der Waals surface area contributed by atoms with Gasteiger partial charge in [-0.25, -0.2) is 4.79 Å². The van der Waals surface area contributed by atoms with Crippen LogP contribution in [0.3, 0.4) is 0 Å². The van der Waals surface area contributed by atoms with Crippen LogP contribution in [-0.4, -0.2) is 12.3 Å². The van der Waals surface area contributed by atoms with Gasteiger partial charge >= 0.3 is 6.09 Å². The second kappa shape index (κ2) is 6.14. The third-order valence-electron chi connectivity index (χ3n) is 1.64. The second-order valence-electron chi connectivity index (χ2n) is 2.71. The Balaban J connectivity index is 2.53. The lowest BCUT2D eigenvalue weighted by Gasteiger charge is -2.03. The molecular formula is C11H13NO2S. The summed E-state index contributed by atoms with van der Waals surface area (Å²) in [6.45, 7) is 1.81. The van der Waals surface area contributed by atoms with Crippen molar-refractivity contribution in [1.82, 2.24) is 5.32 Å². The normalized spacial score (nSPS) is 10.3. The molecule has 0 bridgehead atoms. The number of carbonyl (C=O) groups excluding carboxylic acids is 1. The molecule has 0 saturated heterocycles. The number of hydrogen-bond donors (Lipinski definition) is 1. The van der Waals surface area contributed by atoms with E-state index in [1.807, 2.05) is 25.3 Å². The number of thioether (sulfide) groups is 1. The highest BCUT2D eigenvalue weighted by Gasteiger charge is 2.00. The maximum Gasteiger partial charge on any atom is 0.416 e. The molecule has 0 aliphatic carbocycles. The predicted octanol–water partition coefficient (Wildman–Crippen LogP) is 3.03. The fourth-order valence-electron chi connectivity index (χ4n) is 0.932. The molecule has 0 aliphatic heterocycles. The first kappa shape index (κ1) is 11.7. The van der Waals surface area contributed by atoms with Gasteiger partial charge in [-0.1, -0.05) is 6.08 Å². The molecule has 3 nitrogen and oxygen atoms in total. The average molecular weight is 223 g/mol. The Morgan fingerprint density at radius 2 is 2.07 bits per heavy atom. The van der Waals surface area contributed by atoms with Crippen LogP contribution in [0.1, 0.15) is 6.92 Å². The van der Waals surface area contributed by atoms with Crippen LogP contribution >= 0.6 is 11.8 Å². The Labute approximate surface area is 93.5 Å². The molecule has 0 radical (unpaired) electrons. The summed E-state index contributed by atoms with van der Waals surface area (Å²) in [5.74, 6) is 0.537. The maximum absolute atomic E-state index is 11.1. The van der Waals surface area contributed by atoms with Crippen LogP contribution in [0, 0.1) is 0 Å². The van der Waals surface area contributed by atoms with E-state index in [1.54, 1.807) is 30.0 Å². The first-order valence-corrected chi connectivity index (χ1v) is 5.72. The topological polar surface area (TPSA) is 38.3 Å². The van der Waals surface area contributed by atoms with Crippen LogP contribution in [0.2, 0.25) is 0 Å². The molecule has 1 amide bonds. The molecule has 1 aromatic rings. The van der Waals surface area contributed by atoms with Crippen molar-refractivity contribution in [2.24, 2.45) is 0 Å². The molecule has 1 aromatic carbocycles. The highest BCUT2D eigenvalue weighted by molar-refractivity contribution is 7.98. The summed E-state index contributed by atoms with van der Waals surface area (Å²) in [4.78, 5) is 12.3. The summed E-state index contributed by atoms with van der Waals surface area (Å²) >= 11 is 1.64. The highest BCUT2D eigenvalue weighted by atomic mass is 32.2. The summed E-state index contributed by atoms with van der Waals surface area (Å²) in [5.41, 5.74) is 0. The summed E-state index contributed by atoms with van der Waals surface area (Å²) in [6, 6.07) is 7.34. The van der Waals surface area contributed by atoms with Gasteiger partial charge in [0, 0.05) is 11.1 Å². The molecule has 0 aromatic heterocycles. The van der Waals surface area contributed by atoms with E-state index in [0.717, 1.165) is 4.90 Å². The van der Waals surface area contributed by atoms with E-state index in [1.165, 1.54) is 6.20 Å². The zero-order valence-corrected chi connectivity index (χ0v) is 9.51. The van der Waals surface area contributed by atoms with Crippen LogP contribution in [0.4, 0.5) is 4.79 Å². The first-order valence-electron chi connectivity index (χ1n) is 4.50. The zero-order chi connectivity index (χ0) is 11.1. The molecule has 0 fully saturated rings. The monoisotopic (exact) mass is 223 g/mol. The lowest BCUT2D eigenvalue weighted by molar-refractivity contribution is 0.204. The summed E-state index contributed by atoms with van der Waals surface area (Å²) in [7, 11) is 0. The van der Waals surface area contributed by atoms with Crippen LogP contribution in [0.15, 0.2) is 41.4 Å². The van der Waals surface area contributed by atoms with Gasteiger partial charge in [0.1, 0.15) is 5.75 Å². The molecule has 80 valence electrons. The number of carbonyl (C=O) groups is 1. The van der Waals surface area contributed by atoms with Gasteiger partial charge in [-0.3, -0.25) is 5.32 Å². The Morgan fingerprint density at radius 1 is 1.40 bits per heavy atom. The lowest BCUT2D eigenvalue weighted by atomic mass is 10.3. The number of benzene rings is 1. The zero-order valence-electron chi connectivity index (χ0n) is 8.69. The van der Waals surface area contributed by atoms with Gasteiger partial charge in [0.2, 0.25) is 0 Å². The number of nitrogens with one attached hydrogen (secondary N) is 1. The largest absolute Gasteiger partial charge is 0.416 e. The van der Waals surface area contributed by atoms with Crippen LogP contribution in [0.5, 0.6) is 5.75 Å². The van der Waals surface area contributed by atoms with E-state index in [2.05, 4.69) is 5.32 Å². The number of hydrogen-bond acceptors (Lipinski definition) is 3. The Morgan fingerprint density at radius 3 is 2.60 bits per heavy atom. The van der Waals surface area contributed by atoms with E-state index in [-0.39, 0.29) is 0 Å². The van der Waals surface area contributed by atoms with Gasteiger partial charge in [-0.2, -0.15) is 0 Å². The second-order valence-corrected chi connectivity index (χ2v) is 3.59. The van der Waals surface area contributed by atoms with Crippen LogP contribution in [-0.2, 0) is 0 Å². The quantitative estimate of drug-likeness (QED) is 0.800. The molecule has 1 rings (SSSR count). The van der Waals surface area contributed by atoms with Gasteiger partial charge in [0.05, 0.1) is 0 Å². The highest BCUT2D eigenvalue weighted by Crippen LogP contribution is 2.18. The van der Waals surface area contributed by atoms with E-state index in [4.69, 9.17) is 4.74 Å². The average Bonchev–Trinajstić information content (AvgIpc) is 2.27. The molecule has 0 unspecified atom stereocenters. The fourth-order valence-corrected chi connectivity index (χ4v) is 1.34. The molecule has 4 heteroatoms. The van der Waals surface area contributed by atoms with E-state index in [0.29, 0.717) is 5.75 Å². The van der Waals surface area contributed by atoms with E-state index < -0.39 is 6.09 Å². The third kappa shape index (κ3) is 4.08. The standard InChI is InChI=1S/C11H13NO2S/c1-3-8-12-11(13)14-9-4-6-10(15-2)7-5-9/h3-8H,1-2H3,(H,12,13). The molecule has 0 saturated carbocycles. The van der Waals surface area contributed by atoms with E-state index >= 15 is 0 Å². The van der Waals surface area contributed by atoms with Crippen LogP contribution < -0.4 is 10.1 Å².